The second-order valence-electron chi connectivity index (χ2n) is 5.31. The molecule has 1 aromatic heterocycles. The van der Waals surface area contributed by atoms with Crippen molar-refractivity contribution in [3.8, 4) is 0 Å². The van der Waals surface area contributed by atoms with E-state index in [0.29, 0.717) is 17.0 Å². The van der Waals surface area contributed by atoms with Gasteiger partial charge in [-0.3, -0.25) is 4.79 Å². The summed E-state index contributed by atoms with van der Waals surface area (Å²) in [5.41, 5.74) is 0.834. The third kappa shape index (κ3) is 3.35. The van der Waals surface area contributed by atoms with Crippen molar-refractivity contribution in [1.29, 1.82) is 0 Å². The van der Waals surface area contributed by atoms with E-state index in [1.165, 1.54) is 12.8 Å². The Labute approximate surface area is 127 Å². The molecule has 0 aliphatic heterocycles. The second kappa shape index (κ2) is 6.03. The molecule has 4 nitrogen and oxygen atoms in total. The lowest BCUT2D eigenvalue weighted by atomic mass is 9.99. The van der Waals surface area contributed by atoms with E-state index in [-0.39, 0.29) is 16.2 Å². The Morgan fingerprint density at radius 2 is 2.05 bits per heavy atom. The Kier molecular flexibility index (Phi) is 4.76. The van der Waals surface area contributed by atoms with Crippen molar-refractivity contribution >= 4 is 37.0 Å². The number of thiophene rings is 1. The molecule has 1 fully saturated rings. The zero-order chi connectivity index (χ0) is 14.9. The van der Waals surface area contributed by atoms with Crippen molar-refractivity contribution in [2.24, 2.45) is 5.92 Å². The van der Waals surface area contributed by atoms with Gasteiger partial charge in [-0.1, -0.05) is 12.8 Å². The summed E-state index contributed by atoms with van der Waals surface area (Å²) in [6, 6.07) is 0.111. The molecule has 1 aromatic rings. The molecule has 0 aromatic carbocycles. The molecule has 1 amide bonds. The second-order valence-corrected chi connectivity index (χ2v) is 8.95. The fourth-order valence-electron chi connectivity index (χ4n) is 2.72. The fourth-order valence-corrected chi connectivity index (χ4v) is 5.27. The molecule has 1 heterocycles. The molecule has 20 heavy (non-hydrogen) atoms. The van der Waals surface area contributed by atoms with Gasteiger partial charge in [0, 0.05) is 22.1 Å². The number of rotatable bonds is 4. The van der Waals surface area contributed by atoms with Crippen LogP contribution in [0.15, 0.2) is 9.59 Å². The van der Waals surface area contributed by atoms with Gasteiger partial charge in [-0.15, -0.1) is 11.3 Å². The number of nitrogens with one attached hydrogen (secondary N) is 1. The molecule has 1 unspecified atom stereocenters. The maximum Gasteiger partial charge on any atom is 0.271 e. The Bertz CT molecular complexity index is 603. The van der Waals surface area contributed by atoms with Crippen LogP contribution in [0.4, 0.5) is 0 Å². The van der Waals surface area contributed by atoms with Gasteiger partial charge in [-0.2, -0.15) is 0 Å². The summed E-state index contributed by atoms with van der Waals surface area (Å²) in [4.78, 5) is 12.2. The summed E-state index contributed by atoms with van der Waals surface area (Å²) in [5.74, 6) is 0.304. The Morgan fingerprint density at radius 1 is 1.45 bits per heavy atom. The molecule has 1 N–H and O–H groups in total. The van der Waals surface area contributed by atoms with Crippen LogP contribution in [-0.2, 0) is 9.05 Å². The molecule has 2 rings (SSSR count). The van der Waals surface area contributed by atoms with E-state index in [9.17, 15) is 13.2 Å². The lowest BCUT2D eigenvalue weighted by Crippen LogP contribution is -2.37. The lowest BCUT2D eigenvalue weighted by molar-refractivity contribution is 0.0927. The summed E-state index contributed by atoms with van der Waals surface area (Å²) in [7, 11) is 1.56. The lowest BCUT2D eigenvalue weighted by Gasteiger charge is -2.20. The van der Waals surface area contributed by atoms with Crippen LogP contribution in [0.5, 0.6) is 0 Å². The number of carbonyl (C=O) groups excluding carboxylic acids is 1. The van der Waals surface area contributed by atoms with E-state index in [4.69, 9.17) is 10.7 Å². The minimum Gasteiger partial charge on any atom is -0.349 e. The third-order valence-electron chi connectivity index (χ3n) is 3.93. The van der Waals surface area contributed by atoms with Crippen molar-refractivity contribution in [3.05, 3.63) is 16.5 Å². The van der Waals surface area contributed by atoms with E-state index in [1.54, 1.807) is 12.3 Å². The van der Waals surface area contributed by atoms with Crippen LogP contribution in [0.3, 0.4) is 0 Å². The monoisotopic (exact) mass is 335 g/mol. The van der Waals surface area contributed by atoms with Gasteiger partial charge in [0.15, 0.2) is 0 Å². The standard InChI is InChI=1S/C13H18ClNO3S2/c1-8-11(7-19-13(8)20(14,17)18)12(16)15-9(2)10-5-3-4-6-10/h7,9-10H,3-6H2,1-2H3,(H,15,16). The highest BCUT2D eigenvalue weighted by Gasteiger charge is 2.26. The van der Waals surface area contributed by atoms with Crippen molar-refractivity contribution in [3.63, 3.8) is 0 Å². The van der Waals surface area contributed by atoms with Crippen molar-refractivity contribution in [2.75, 3.05) is 0 Å². The minimum absolute atomic E-state index is 0.0536. The first-order chi connectivity index (χ1) is 9.30. The zero-order valence-corrected chi connectivity index (χ0v) is 13.9. The summed E-state index contributed by atoms with van der Waals surface area (Å²) >= 11 is 0.990. The molecule has 7 heteroatoms. The largest absolute Gasteiger partial charge is 0.349 e. The predicted molar refractivity (Wildman–Crippen MR) is 81.0 cm³/mol. The van der Waals surface area contributed by atoms with Crippen LogP contribution >= 0.6 is 22.0 Å². The molecule has 1 aliphatic rings. The minimum atomic E-state index is -3.78. The highest BCUT2D eigenvalue weighted by atomic mass is 35.7. The van der Waals surface area contributed by atoms with Gasteiger partial charge in [0.2, 0.25) is 0 Å². The average Bonchev–Trinajstić information content (AvgIpc) is 2.95. The molecule has 0 saturated heterocycles. The highest BCUT2D eigenvalue weighted by molar-refractivity contribution is 8.15. The molecular formula is C13H18ClNO3S2. The number of carbonyl (C=O) groups is 1. The van der Waals surface area contributed by atoms with E-state index in [0.717, 1.165) is 24.2 Å². The highest BCUT2D eigenvalue weighted by Crippen LogP contribution is 2.30. The van der Waals surface area contributed by atoms with Gasteiger partial charge in [-0.25, -0.2) is 8.42 Å². The summed E-state index contributed by atoms with van der Waals surface area (Å²) in [6.45, 7) is 3.62. The molecule has 0 spiro atoms. The van der Waals surface area contributed by atoms with Crippen molar-refractivity contribution in [2.45, 2.75) is 49.8 Å². The number of halogens is 1. The molecule has 0 radical (unpaired) electrons. The quantitative estimate of drug-likeness (QED) is 0.859. The Hall–Kier alpha value is -0.590. The van der Waals surface area contributed by atoms with Crippen molar-refractivity contribution in [1.82, 2.24) is 5.32 Å². The van der Waals surface area contributed by atoms with Crippen LogP contribution in [0.25, 0.3) is 0 Å². The number of hydrogen-bond acceptors (Lipinski definition) is 4. The van der Waals surface area contributed by atoms with Gasteiger partial charge in [0.1, 0.15) is 4.21 Å². The number of hydrogen-bond donors (Lipinski definition) is 1. The van der Waals surface area contributed by atoms with Crippen LogP contribution in [0.1, 0.15) is 48.5 Å². The van der Waals surface area contributed by atoms with E-state index in [1.807, 2.05) is 6.92 Å². The van der Waals surface area contributed by atoms with E-state index >= 15 is 0 Å². The zero-order valence-electron chi connectivity index (χ0n) is 11.5. The first-order valence-electron chi connectivity index (χ1n) is 6.64. The summed E-state index contributed by atoms with van der Waals surface area (Å²) in [6.07, 6.45) is 4.73. The molecule has 112 valence electrons. The van der Waals surface area contributed by atoms with Gasteiger partial charge < -0.3 is 5.32 Å². The average molecular weight is 336 g/mol. The molecular weight excluding hydrogens is 318 g/mol. The molecule has 1 aliphatic carbocycles. The maximum absolute atomic E-state index is 12.2. The fraction of sp³-hybridized carbons (Fsp3) is 0.615. The molecule has 1 atom stereocenters. The smallest absolute Gasteiger partial charge is 0.271 e. The van der Waals surface area contributed by atoms with Gasteiger partial charge in [-0.05, 0) is 38.2 Å². The maximum atomic E-state index is 12.2. The summed E-state index contributed by atoms with van der Waals surface area (Å²) in [5, 5.41) is 4.53. The van der Waals surface area contributed by atoms with Crippen LogP contribution in [-0.4, -0.2) is 20.4 Å². The van der Waals surface area contributed by atoms with Crippen molar-refractivity contribution < 1.29 is 13.2 Å². The third-order valence-corrected chi connectivity index (χ3v) is 7.23. The van der Waals surface area contributed by atoms with E-state index < -0.39 is 9.05 Å². The number of amides is 1. The summed E-state index contributed by atoms with van der Waals surface area (Å²) < 4.78 is 22.8. The predicted octanol–water partition coefficient (Wildman–Crippen LogP) is 3.29. The SMILES string of the molecule is Cc1c(C(=O)NC(C)C2CCCC2)csc1S(=O)(=O)Cl. The van der Waals surface area contributed by atoms with Crippen LogP contribution < -0.4 is 5.32 Å². The topological polar surface area (TPSA) is 63.2 Å². The molecule has 1 saturated carbocycles. The first-order valence-corrected chi connectivity index (χ1v) is 9.83. The van der Waals surface area contributed by atoms with Crippen LogP contribution in [0, 0.1) is 12.8 Å². The normalized spacial score (nSPS) is 18.1. The Morgan fingerprint density at radius 3 is 2.55 bits per heavy atom. The van der Waals surface area contributed by atoms with Gasteiger partial charge in [0.05, 0.1) is 5.56 Å². The van der Waals surface area contributed by atoms with E-state index in [2.05, 4.69) is 5.32 Å². The Balaban J connectivity index is 2.12. The molecule has 0 bridgehead atoms. The van der Waals surface area contributed by atoms with Crippen LogP contribution in [0.2, 0.25) is 0 Å². The first kappa shape index (κ1) is 15.8. The van der Waals surface area contributed by atoms with Gasteiger partial charge >= 0.3 is 0 Å². The van der Waals surface area contributed by atoms with Gasteiger partial charge in [0.25, 0.3) is 15.0 Å².